The first-order valence-electron chi connectivity index (χ1n) is 8.13. The van der Waals surface area contributed by atoms with Crippen molar-refractivity contribution >= 4 is 39.7 Å². The molecule has 1 aliphatic carbocycles. The number of thiophene rings is 1. The first-order valence-corrected chi connectivity index (χ1v) is 9.36. The topological polar surface area (TPSA) is 66.9 Å². The van der Waals surface area contributed by atoms with Gasteiger partial charge in [0.15, 0.2) is 4.77 Å². The average molecular weight is 351 g/mol. The number of carbonyl (C=O) groups is 1. The highest BCUT2D eigenvalue weighted by Gasteiger charge is 2.17. The third-order valence-electron chi connectivity index (χ3n) is 4.34. The molecule has 1 aliphatic rings. The molecule has 1 fully saturated rings. The molecule has 1 amide bonds. The lowest BCUT2D eigenvalue weighted by molar-refractivity contribution is -0.122. The second-order valence-corrected chi connectivity index (χ2v) is 7.56. The highest BCUT2D eigenvalue weighted by Crippen LogP contribution is 2.21. The molecular formula is C16H21N3O2S2. The Morgan fingerprint density at radius 2 is 2.17 bits per heavy atom. The van der Waals surface area contributed by atoms with Gasteiger partial charge in [0.1, 0.15) is 11.4 Å². The summed E-state index contributed by atoms with van der Waals surface area (Å²) in [5.74, 6) is -0.135. The van der Waals surface area contributed by atoms with Gasteiger partial charge in [-0.25, -0.2) is 0 Å². The quantitative estimate of drug-likeness (QED) is 0.832. The number of rotatable bonds is 4. The zero-order valence-electron chi connectivity index (χ0n) is 13.2. The molecule has 0 aliphatic heterocycles. The number of carbonyl (C=O) groups excluding carboxylic acids is 1. The molecule has 124 valence electrons. The standard InChI is InChI=1S/C16H21N3O2S2/c1-2-11-8-12-14(23-11)18-16(22)19(15(12)21)9-13(20)17-10-6-4-3-5-7-10/h8,10H,2-7,9H2,1H3,(H,17,20)(H,18,22). The molecule has 3 rings (SSSR count). The Morgan fingerprint density at radius 3 is 2.87 bits per heavy atom. The fourth-order valence-electron chi connectivity index (χ4n) is 3.08. The van der Waals surface area contributed by atoms with Crippen molar-refractivity contribution in [1.82, 2.24) is 14.9 Å². The molecule has 7 heteroatoms. The first-order chi connectivity index (χ1) is 11.1. The Morgan fingerprint density at radius 1 is 1.43 bits per heavy atom. The third kappa shape index (κ3) is 3.55. The predicted molar refractivity (Wildman–Crippen MR) is 95.7 cm³/mol. The predicted octanol–water partition coefficient (Wildman–Crippen LogP) is 3.13. The van der Waals surface area contributed by atoms with Gasteiger partial charge in [-0.05, 0) is 37.5 Å². The minimum Gasteiger partial charge on any atom is -0.352 e. The van der Waals surface area contributed by atoms with Crippen molar-refractivity contribution in [3.63, 3.8) is 0 Å². The van der Waals surface area contributed by atoms with Crippen LogP contribution in [0.5, 0.6) is 0 Å². The minimum atomic E-state index is -0.182. The zero-order valence-corrected chi connectivity index (χ0v) is 14.8. The lowest BCUT2D eigenvalue weighted by atomic mass is 9.95. The summed E-state index contributed by atoms with van der Waals surface area (Å²) >= 11 is 6.81. The summed E-state index contributed by atoms with van der Waals surface area (Å²) in [6, 6.07) is 2.13. The number of nitrogens with one attached hydrogen (secondary N) is 2. The maximum Gasteiger partial charge on any atom is 0.263 e. The van der Waals surface area contributed by atoms with E-state index in [1.807, 2.05) is 6.07 Å². The van der Waals surface area contributed by atoms with Crippen LogP contribution >= 0.6 is 23.6 Å². The van der Waals surface area contributed by atoms with Gasteiger partial charge in [0.25, 0.3) is 5.56 Å². The van der Waals surface area contributed by atoms with Crippen molar-refractivity contribution in [2.75, 3.05) is 0 Å². The van der Waals surface area contributed by atoms with Gasteiger partial charge < -0.3 is 10.3 Å². The van der Waals surface area contributed by atoms with Gasteiger partial charge in [-0.2, -0.15) is 0 Å². The molecule has 0 saturated heterocycles. The van der Waals surface area contributed by atoms with Crippen molar-refractivity contribution in [3.8, 4) is 0 Å². The minimum absolute atomic E-state index is 0.0160. The van der Waals surface area contributed by atoms with E-state index in [4.69, 9.17) is 12.2 Å². The molecule has 0 unspecified atom stereocenters. The largest absolute Gasteiger partial charge is 0.352 e. The van der Waals surface area contributed by atoms with E-state index in [-0.39, 0.29) is 24.1 Å². The fraction of sp³-hybridized carbons (Fsp3) is 0.562. The molecule has 1 saturated carbocycles. The van der Waals surface area contributed by atoms with Gasteiger partial charge in [0.05, 0.1) is 5.39 Å². The smallest absolute Gasteiger partial charge is 0.263 e. The molecule has 0 spiro atoms. The Hall–Kier alpha value is -1.47. The summed E-state index contributed by atoms with van der Waals surface area (Å²) in [6.07, 6.45) is 6.48. The van der Waals surface area contributed by atoms with Crippen LogP contribution in [0.2, 0.25) is 0 Å². The van der Waals surface area contributed by atoms with Crippen LogP contribution < -0.4 is 10.9 Å². The Bertz CT molecular complexity index is 828. The maximum absolute atomic E-state index is 12.6. The van der Waals surface area contributed by atoms with E-state index >= 15 is 0 Å². The van der Waals surface area contributed by atoms with Gasteiger partial charge in [-0.3, -0.25) is 14.2 Å². The molecule has 2 aromatic heterocycles. The van der Waals surface area contributed by atoms with E-state index in [0.717, 1.165) is 41.8 Å². The lowest BCUT2D eigenvalue weighted by Gasteiger charge is -2.22. The third-order valence-corrected chi connectivity index (χ3v) is 5.86. The molecule has 2 N–H and O–H groups in total. The number of aryl methyl sites for hydroxylation is 1. The number of nitrogens with zero attached hydrogens (tertiary/aromatic N) is 1. The average Bonchev–Trinajstić information content (AvgIpc) is 2.95. The van der Waals surface area contributed by atoms with Crippen LogP contribution in [0.4, 0.5) is 0 Å². The monoisotopic (exact) mass is 351 g/mol. The van der Waals surface area contributed by atoms with Crippen molar-refractivity contribution in [1.29, 1.82) is 0 Å². The van der Waals surface area contributed by atoms with Crippen LogP contribution in [0.1, 0.15) is 43.9 Å². The van der Waals surface area contributed by atoms with Crippen molar-refractivity contribution < 1.29 is 4.79 Å². The number of hydrogen-bond donors (Lipinski definition) is 2. The summed E-state index contributed by atoms with van der Waals surface area (Å²) in [5.41, 5.74) is -0.182. The molecule has 2 aromatic rings. The van der Waals surface area contributed by atoms with Crippen molar-refractivity contribution in [2.45, 2.75) is 58.0 Å². The van der Waals surface area contributed by atoms with Gasteiger partial charge in [0, 0.05) is 10.9 Å². The second kappa shape index (κ2) is 6.97. The lowest BCUT2D eigenvalue weighted by Crippen LogP contribution is -2.40. The SMILES string of the molecule is CCc1cc2c(=O)n(CC(=O)NC3CCCCC3)c(=S)[nH]c2s1. The summed E-state index contributed by atoms with van der Waals surface area (Å²) < 4.78 is 1.67. The summed E-state index contributed by atoms with van der Waals surface area (Å²) in [7, 11) is 0. The number of fused-ring (bicyclic) bond motifs is 1. The highest BCUT2D eigenvalue weighted by atomic mass is 32.1. The van der Waals surface area contributed by atoms with Gasteiger partial charge in [0.2, 0.25) is 5.91 Å². The number of H-pyrrole nitrogens is 1. The van der Waals surface area contributed by atoms with E-state index in [1.165, 1.54) is 11.0 Å². The Kier molecular flexibility index (Phi) is 4.96. The highest BCUT2D eigenvalue weighted by molar-refractivity contribution is 7.71. The van der Waals surface area contributed by atoms with E-state index in [0.29, 0.717) is 10.2 Å². The van der Waals surface area contributed by atoms with Crippen LogP contribution in [-0.4, -0.2) is 21.5 Å². The molecule has 0 bridgehead atoms. The Balaban J connectivity index is 1.83. The number of hydrogen-bond acceptors (Lipinski definition) is 4. The molecule has 2 heterocycles. The normalized spacial score (nSPS) is 15.9. The summed E-state index contributed by atoms with van der Waals surface area (Å²) in [5, 5.41) is 3.65. The Labute approximate surface area is 143 Å². The van der Waals surface area contributed by atoms with E-state index in [9.17, 15) is 9.59 Å². The van der Waals surface area contributed by atoms with Crippen LogP contribution in [0.15, 0.2) is 10.9 Å². The molecule has 0 atom stereocenters. The summed E-state index contributed by atoms with van der Waals surface area (Å²) in [4.78, 5) is 29.9. The zero-order chi connectivity index (χ0) is 16.4. The molecular weight excluding hydrogens is 330 g/mol. The van der Waals surface area contributed by atoms with Crippen molar-refractivity contribution in [2.24, 2.45) is 0 Å². The van der Waals surface area contributed by atoms with E-state index < -0.39 is 0 Å². The van der Waals surface area contributed by atoms with Crippen molar-refractivity contribution in [3.05, 3.63) is 26.1 Å². The molecule has 0 aromatic carbocycles. The van der Waals surface area contributed by atoms with Crippen LogP contribution in [0, 0.1) is 4.77 Å². The molecule has 0 radical (unpaired) electrons. The fourth-order valence-corrected chi connectivity index (χ4v) is 4.38. The second-order valence-electron chi connectivity index (χ2n) is 6.03. The maximum atomic E-state index is 12.6. The number of aromatic nitrogens is 2. The van der Waals surface area contributed by atoms with Crippen LogP contribution in [-0.2, 0) is 17.8 Å². The summed E-state index contributed by atoms with van der Waals surface area (Å²) in [6.45, 7) is 2.04. The van der Waals surface area contributed by atoms with Gasteiger partial charge in [-0.1, -0.05) is 26.2 Å². The van der Waals surface area contributed by atoms with Gasteiger partial charge >= 0.3 is 0 Å². The molecule has 5 nitrogen and oxygen atoms in total. The van der Waals surface area contributed by atoms with E-state index in [1.54, 1.807) is 11.3 Å². The first kappa shape index (κ1) is 16.4. The number of amides is 1. The van der Waals surface area contributed by atoms with Crippen LogP contribution in [0.3, 0.4) is 0 Å². The molecule has 23 heavy (non-hydrogen) atoms. The van der Waals surface area contributed by atoms with Gasteiger partial charge in [-0.15, -0.1) is 11.3 Å². The van der Waals surface area contributed by atoms with Crippen LogP contribution in [0.25, 0.3) is 10.2 Å². The van der Waals surface area contributed by atoms with E-state index in [2.05, 4.69) is 17.2 Å². The number of aromatic amines is 1.